The molecule has 6 nitrogen and oxygen atoms in total. The first-order valence-electron chi connectivity index (χ1n) is 8.63. The molecular weight excluding hydrogens is 338 g/mol. The van der Waals surface area contributed by atoms with Crippen molar-refractivity contribution in [3.8, 4) is 0 Å². The van der Waals surface area contributed by atoms with Crippen LogP contribution < -0.4 is 0 Å². The van der Waals surface area contributed by atoms with Gasteiger partial charge in [-0.3, -0.25) is 4.79 Å². The summed E-state index contributed by atoms with van der Waals surface area (Å²) in [4.78, 5) is 22.3. The van der Waals surface area contributed by atoms with Crippen LogP contribution in [0.2, 0.25) is 0 Å². The summed E-state index contributed by atoms with van der Waals surface area (Å²) in [6, 6.07) is 7.99. The number of allylic oxidation sites excluding steroid dienone is 1. The van der Waals surface area contributed by atoms with Crippen LogP contribution in [0.1, 0.15) is 31.0 Å². The summed E-state index contributed by atoms with van der Waals surface area (Å²) in [5, 5.41) is 1.23. The highest BCUT2D eigenvalue weighted by atomic mass is 32.2. The van der Waals surface area contributed by atoms with E-state index < -0.39 is 9.84 Å². The Morgan fingerprint density at radius 1 is 1.24 bits per heavy atom. The number of hydrogen-bond donors (Lipinski definition) is 1. The lowest BCUT2D eigenvalue weighted by atomic mass is 9.95. The van der Waals surface area contributed by atoms with Gasteiger partial charge < -0.3 is 9.88 Å². The maximum atomic E-state index is 12.4. The van der Waals surface area contributed by atoms with Crippen LogP contribution in [0.25, 0.3) is 11.0 Å². The molecule has 1 unspecified atom stereocenters. The third-order valence-corrected chi connectivity index (χ3v) is 6.55. The number of H-pyrrole nitrogens is 1. The molecule has 0 aliphatic carbocycles. The van der Waals surface area contributed by atoms with E-state index in [0.29, 0.717) is 19.0 Å². The normalized spacial score (nSPS) is 23.4. The molecular formula is C18H21N3O3S. The zero-order valence-corrected chi connectivity index (χ0v) is 14.7. The molecule has 7 heteroatoms. The van der Waals surface area contributed by atoms with Gasteiger partial charge in [0.15, 0.2) is 9.84 Å². The molecule has 1 aromatic heterocycles. The predicted octanol–water partition coefficient (Wildman–Crippen LogP) is 2.22. The SMILES string of the molecule is O=C(CC1C=CS(=O)(=O)C1)N1CCC(c2nc3ccccc3[nH]2)CC1. The van der Waals surface area contributed by atoms with Crippen LogP contribution in [0.15, 0.2) is 35.7 Å². The number of fused-ring (bicyclic) bond motifs is 1. The van der Waals surface area contributed by atoms with Crippen molar-refractivity contribution in [2.75, 3.05) is 18.8 Å². The Hall–Kier alpha value is -2.15. The number of para-hydroxylation sites is 2. The molecule has 0 saturated carbocycles. The van der Waals surface area contributed by atoms with E-state index in [9.17, 15) is 13.2 Å². The largest absolute Gasteiger partial charge is 0.343 e. The van der Waals surface area contributed by atoms with Gasteiger partial charge in [0.05, 0.1) is 16.8 Å². The number of sulfone groups is 1. The van der Waals surface area contributed by atoms with Crippen LogP contribution in [0.4, 0.5) is 0 Å². The summed E-state index contributed by atoms with van der Waals surface area (Å²) >= 11 is 0. The van der Waals surface area contributed by atoms with E-state index in [2.05, 4.69) is 9.97 Å². The van der Waals surface area contributed by atoms with E-state index in [0.717, 1.165) is 29.7 Å². The molecule has 25 heavy (non-hydrogen) atoms. The molecule has 2 aliphatic heterocycles. The molecule has 1 amide bonds. The molecule has 0 bridgehead atoms. The standard InChI is InChI=1S/C18H21N3O3S/c22-17(11-13-7-10-25(23,24)12-13)21-8-5-14(6-9-21)18-19-15-3-1-2-4-16(15)20-18/h1-4,7,10,13-14H,5-6,8-9,11-12H2,(H,19,20). The molecule has 3 heterocycles. The third-order valence-electron chi connectivity index (χ3n) is 5.08. The van der Waals surface area contributed by atoms with Gasteiger partial charge in [-0.1, -0.05) is 18.2 Å². The molecule has 0 radical (unpaired) electrons. The van der Waals surface area contributed by atoms with Crippen LogP contribution in [-0.2, 0) is 14.6 Å². The number of hydrogen-bond acceptors (Lipinski definition) is 4. The minimum Gasteiger partial charge on any atom is -0.343 e. The van der Waals surface area contributed by atoms with E-state index in [1.807, 2.05) is 29.2 Å². The smallest absolute Gasteiger partial charge is 0.223 e. The molecule has 1 fully saturated rings. The van der Waals surface area contributed by atoms with Crippen LogP contribution >= 0.6 is 0 Å². The zero-order valence-electron chi connectivity index (χ0n) is 13.9. The lowest BCUT2D eigenvalue weighted by Crippen LogP contribution is -2.39. The number of aromatic amines is 1. The second-order valence-corrected chi connectivity index (χ2v) is 8.85. The number of carbonyl (C=O) groups excluding carboxylic acids is 1. The van der Waals surface area contributed by atoms with Crippen molar-refractivity contribution in [1.29, 1.82) is 0 Å². The van der Waals surface area contributed by atoms with E-state index in [-0.39, 0.29) is 24.0 Å². The zero-order chi connectivity index (χ0) is 17.4. The van der Waals surface area contributed by atoms with Crippen LogP contribution in [0.5, 0.6) is 0 Å². The van der Waals surface area contributed by atoms with Crippen molar-refractivity contribution in [2.24, 2.45) is 5.92 Å². The molecule has 0 spiro atoms. The molecule has 1 atom stereocenters. The molecule has 1 saturated heterocycles. The summed E-state index contributed by atoms with van der Waals surface area (Å²) < 4.78 is 22.9. The third kappa shape index (κ3) is 3.46. The minimum atomic E-state index is -3.09. The summed E-state index contributed by atoms with van der Waals surface area (Å²) in [5.41, 5.74) is 2.02. The van der Waals surface area contributed by atoms with Gasteiger partial charge in [0.1, 0.15) is 5.82 Å². The molecule has 4 rings (SSSR count). The van der Waals surface area contributed by atoms with Crippen molar-refractivity contribution in [3.63, 3.8) is 0 Å². The minimum absolute atomic E-state index is 0.0507. The van der Waals surface area contributed by atoms with Crippen LogP contribution in [-0.4, -0.2) is 48.0 Å². The van der Waals surface area contributed by atoms with Gasteiger partial charge in [0.25, 0.3) is 0 Å². The van der Waals surface area contributed by atoms with Gasteiger partial charge in [-0.15, -0.1) is 0 Å². The fourth-order valence-corrected chi connectivity index (χ4v) is 5.09. The highest BCUT2D eigenvalue weighted by molar-refractivity contribution is 7.94. The van der Waals surface area contributed by atoms with Gasteiger partial charge in [0, 0.05) is 36.8 Å². The number of rotatable bonds is 3. The maximum absolute atomic E-state index is 12.4. The molecule has 132 valence electrons. The Morgan fingerprint density at radius 3 is 2.68 bits per heavy atom. The Kier molecular flexibility index (Phi) is 4.11. The fourth-order valence-electron chi connectivity index (χ4n) is 3.69. The second-order valence-electron chi connectivity index (χ2n) is 6.92. The van der Waals surface area contributed by atoms with Gasteiger partial charge in [-0.05, 0) is 25.0 Å². The summed E-state index contributed by atoms with van der Waals surface area (Å²) in [6.07, 6.45) is 3.69. The first-order chi connectivity index (χ1) is 12.0. The monoisotopic (exact) mass is 359 g/mol. The van der Waals surface area contributed by atoms with E-state index in [4.69, 9.17) is 0 Å². The molecule has 2 aromatic rings. The number of benzene rings is 1. The molecule has 1 aromatic carbocycles. The lowest BCUT2D eigenvalue weighted by molar-refractivity contribution is -0.132. The maximum Gasteiger partial charge on any atom is 0.223 e. The topological polar surface area (TPSA) is 83.1 Å². The van der Waals surface area contributed by atoms with Gasteiger partial charge in [-0.25, -0.2) is 13.4 Å². The fraction of sp³-hybridized carbons (Fsp3) is 0.444. The summed E-state index contributed by atoms with van der Waals surface area (Å²) in [6.45, 7) is 1.40. The van der Waals surface area contributed by atoms with Crippen LogP contribution in [0, 0.1) is 5.92 Å². The Morgan fingerprint density at radius 2 is 2.00 bits per heavy atom. The van der Waals surface area contributed by atoms with Crippen LogP contribution in [0.3, 0.4) is 0 Å². The number of aromatic nitrogens is 2. The highest BCUT2D eigenvalue weighted by Gasteiger charge is 2.29. The van der Waals surface area contributed by atoms with Crippen molar-refractivity contribution in [2.45, 2.75) is 25.2 Å². The predicted molar refractivity (Wildman–Crippen MR) is 95.7 cm³/mol. The highest BCUT2D eigenvalue weighted by Crippen LogP contribution is 2.28. The molecule has 2 aliphatic rings. The average molecular weight is 359 g/mol. The van der Waals surface area contributed by atoms with Crippen molar-refractivity contribution in [3.05, 3.63) is 41.6 Å². The van der Waals surface area contributed by atoms with E-state index in [1.165, 1.54) is 5.41 Å². The number of piperidine rings is 1. The molecule has 1 N–H and O–H groups in total. The quantitative estimate of drug-likeness (QED) is 0.911. The number of likely N-dealkylation sites (tertiary alicyclic amines) is 1. The van der Waals surface area contributed by atoms with Crippen molar-refractivity contribution < 1.29 is 13.2 Å². The first-order valence-corrected chi connectivity index (χ1v) is 10.3. The summed E-state index contributed by atoms with van der Waals surface area (Å²) in [5.74, 6) is 1.27. The Balaban J connectivity index is 1.35. The van der Waals surface area contributed by atoms with Gasteiger partial charge in [0.2, 0.25) is 5.91 Å². The van der Waals surface area contributed by atoms with E-state index in [1.54, 1.807) is 6.08 Å². The number of imidazole rings is 1. The second kappa shape index (κ2) is 6.29. The number of nitrogens with zero attached hydrogens (tertiary/aromatic N) is 2. The lowest BCUT2D eigenvalue weighted by Gasteiger charge is -2.31. The first kappa shape index (κ1) is 16.3. The van der Waals surface area contributed by atoms with Gasteiger partial charge >= 0.3 is 0 Å². The number of amides is 1. The van der Waals surface area contributed by atoms with Crippen molar-refractivity contribution in [1.82, 2.24) is 14.9 Å². The summed E-state index contributed by atoms with van der Waals surface area (Å²) in [7, 11) is -3.09. The Labute approximate surface area is 146 Å². The number of nitrogens with one attached hydrogen (secondary N) is 1. The van der Waals surface area contributed by atoms with Gasteiger partial charge in [-0.2, -0.15) is 0 Å². The Bertz CT molecular complexity index is 891. The number of carbonyl (C=O) groups is 1. The van der Waals surface area contributed by atoms with Crippen molar-refractivity contribution >= 4 is 26.8 Å². The average Bonchev–Trinajstić information content (AvgIpc) is 3.18. The van der Waals surface area contributed by atoms with E-state index >= 15 is 0 Å².